The molecular formula is C15H17N5O3S. The van der Waals surface area contributed by atoms with Crippen molar-refractivity contribution in [1.29, 1.82) is 0 Å². The number of carbonyl (C=O) groups excluding carboxylic acids is 1. The van der Waals surface area contributed by atoms with Crippen LogP contribution in [0, 0.1) is 0 Å². The smallest absolute Gasteiger partial charge is 0.249 e. The number of aromatic nitrogens is 3. The van der Waals surface area contributed by atoms with Crippen LogP contribution < -0.4 is 10.6 Å². The van der Waals surface area contributed by atoms with Gasteiger partial charge >= 0.3 is 0 Å². The lowest BCUT2D eigenvalue weighted by molar-refractivity contribution is 0.101. The lowest BCUT2D eigenvalue weighted by Gasteiger charge is -2.11. The molecule has 1 aromatic heterocycles. The van der Waals surface area contributed by atoms with Crippen molar-refractivity contribution in [3.05, 3.63) is 36.0 Å². The van der Waals surface area contributed by atoms with Crippen LogP contribution in [0.1, 0.15) is 23.7 Å². The average Bonchev–Trinajstić information content (AvgIpc) is 2.87. The standard InChI is InChI=1S/C15H17N5O3S/c1-10(21)11-2-4-12(5-3-11)18-15-19-14(8-16-20-15)17-13-6-7-24(22,23)9-13/h2-5,8,13H,6-7,9H2,1H3,(H2,17,18,19,20). The molecule has 0 radical (unpaired) electrons. The number of nitrogens with one attached hydrogen (secondary N) is 2. The number of Topliss-reactive ketones (excluding diaryl/α,β-unsaturated/α-hetero) is 1. The molecule has 126 valence electrons. The van der Waals surface area contributed by atoms with Gasteiger partial charge in [0, 0.05) is 17.3 Å². The minimum Gasteiger partial charge on any atom is -0.365 e. The Kier molecular flexibility index (Phi) is 4.43. The Labute approximate surface area is 139 Å². The van der Waals surface area contributed by atoms with Gasteiger partial charge < -0.3 is 10.6 Å². The molecule has 1 aromatic carbocycles. The molecule has 2 aromatic rings. The fourth-order valence-electron chi connectivity index (χ4n) is 2.46. The summed E-state index contributed by atoms with van der Waals surface area (Å²) in [6.07, 6.45) is 2.01. The summed E-state index contributed by atoms with van der Waals surface area (Å²) in [5.41, 5.74) is 1.35. The molecule has 1 atom stereocenters. The van der Waals surface area contributed by atoms with E-state index in [0.717, 1.165) is 5.69 Å². The minimum atomic E-state index is -2.95. The first-order valence-electron chi connectivity index (χ1n) is 7.46. The molecule has 0 aliphatic carbocycles. The van der Waals surface area contributed by atoms with Gasteiger partial charge in [-0.1, -0.05) is 0 Å². The summed E-state index contributed by atoms with van der Waals surface area (Å²) in [7, 11) is -2.95. The fraction of sp³-hybridized carbons (Fsp3) is 0.333. The molecule has 2 N–H and O–H groups in total. The van der Waals surface area contributed by atoms with E-state index in [-0.39, 0.29) is 29.3 Å². The van der Waals surface area contributed by atoms with E-state index in [0.29, 0.717) is 17.8 Å². The molecule has 8 nitrogen and oxygen atoms in total. The Balaban J connectivity index is 1.68. The number of rotatable bonds is 5. The molecule has 1 fully saturated rings. The topological polar surface area (TPSA) is 114 Å². The summed E-state index contributed by atoms with van der Waals surface area (Å²) in [4.78, 5) is 15.5. The Bertz CT molecular complexity index is 852. The molecule has 0 saturated carbocycles. The molecule has 24 heavy (non-hydrogen) atoms. The third-order valence-electron chi connectivity index (χ3n) is 3.69. The van der Waals surface area contributed by atoms with Crippen LogP contribution in [0.5, 0.6) is 0 Å². The molecule has 1 aliphatic rings. The number of sulfone groups is 1. The zero-order valence-electron chi connectivity index (χ0n) is 13.1. The SMILES string of the molecule is CC(=O)c1ccc(Nc2nncc(NC3CCS(=O)(=O)C3)n2)cc1. The van der Waals surface area contributed by atoms with E-state index < -0.39 is 9.84 Å². The number of benzene rings is 1. The van der Waals surface area contributed by atoms with Gasteiger partial charge in [0.25, 0.3) is 0 Å². The summed E-state index contributed by atoms with van der Waals surface area (Å²) in [5, 5.41) is 13.8. The summed E-state index contributed by atoms with van der Waals surface area (Å²) >= 11 is 0. The van der Waals surface area contributed by atoms with Crippen LogP contribution in [0.15, 0.2) is 30.5 Å². The van der Waals surface area contributed by atoms with Crippen LogP contribution in [0.4, 0.5) is 17.5 Å². The van der Waals surface area contributed by atoms with Crippen molar-refractivity contribution >= 4 is 33.1 Å². The summed E-state index contributed by atoms with van der Waals surface area (Å²) in [6, 6.07) is 6.77. The van der Waals surface area contributed by atoms with E-state index in [2.05, 4.69) is 25.8 Å². The van der Waals surface area contributed by atoms with Crippen molar-refractivity contribution in [2.45, 2.75) is 19.4 Å². The van der Waals surface area contributed by atoms with E-state index in [1.165, 1.54) is 13.1 Å². The van der Waals surface area contributed by atoms with Gasteiger partial charge in [0.2, 0.25) is 5.95 Å². The lowest BCUT2D eigenvalue weighted by Crippen LogP contribution is -2.21. The van der Waals surface area contributed by atoms with Crippen LogP contribution in [-0.4, -0.2) is 46.9 Å². The predicted molar refractivity (Wildman–Crippen MR) is 90.2 cm³/mol. The number of nitrogens with zero attached hydrogens (tertiary/aromatic N) is 3. The first kappa shape index (κ1) is 16.3. The Morgan fingerprint density at radius 3 is 2.62 bits per heavy atom. The van der Waals surface area contributed by atoms with Crippen LogP contribution in [0.3, 0.4) is 0 Å². The van der Waals surface area contributed by atoms with E-state index in [1.807, 2.05) is 0 Å². The van der Waals surface area contributed by atoms with Crippen molar-refractivity contribution in [2.24, 2.45) is 0 Å². The molecule has 1 unspecified atom stereocenters. The first-order chi connectivity index (χ1) is 11.4. The van der Waals surface area contributed by atoms with Gasteiger partial charge in [-0.3, -0.25) is 4.79 Å². The molecule has 1 aliphatic heterocycles. The fourth-order valence-corrected chi connectivity index (χ4v) is 4.13. The molecule has 0 amide bonds. The number of ketones is 1. The average molecular weight is 347 g/mol. The summed E-state index contributed by atoms with van der Waals surface area (Å²) in [5.74, 6) is 1.05. The number of hydrogen-bond donors (Lipinski definition) is 2. The maximum Gasteiger partial charge on any atom is 0.249 e. The highest BCUT2D eigenvalue weighted by atomic mass is 32.2. The molecule has 1 saturated heterocycles. The van der Waals surface area contributed by atoms with Gasteiger partial charge in [0.1, 0.15) is 0 Å². The molecular weight excluding hydrogens is 330 g/mol. The second-order valence-corrected chi connectivity index (χ2v) is 7.90. The number of carbonyl (C=O) groups is 1. The third kappa shape index (κ3) is 4.05. The van der Waals surface area contributed by atoms with Crippen molar-refractivity contribution in [3.63, 3.8) is 0 Å². The van der Waals surface area contributed by atoms with E-state index >= 15 is 0 Å². The zero-order valence-corrected chi connectivity index (χ0v) is 13.9. The van der Waals surface area contributed by atoms with E-state index in [1.54, 1.807) is 24.3 Å². The lowest BCUT2D eigenvalue weighted by atomic mass is 10.1. The Morgan fingerprint density at radius 1 is 1.25 bits per heavy atom. The highest BCUT2D eigenvalue weighted by Gasteiger charge is 2.28. The van der Waals surface area contributed by atoms with E-state index in [9.17, 15) is 13.2 Å². The van der Waals surface area contributed by atoms with Crippen molar-refractivity contribution in [3.8, 4) is 0 Å². The Morgan fingerprint density at radius 2 is 2.00 bits per heavy atom. The van der Waals surface area contributed by atoms with Crippen molar-refractivity contribution in [1.82, 2.24) is 15.2 Å². The van der Waals surface area contributed by atoms with E-state index in [4.69, 9.17) is 0 Å². The maximum absolute atomic E-state index is 11.5. The highest BCUT2D eigenvalue weighted by molar-refractivity contribution is 7.91. The zero-order chi connectivity index (χ0) is 17.2. The largest absolute Gasteiger partial charge is 0.365 e. The molecule has 0 bridgehead atoms. The van der Waals surface area contributed by atoms with Crippen LogP contribution in [-0.2, 0) is 9.84 Å². The van der Waals surface area contributed by atoms with Gasteiger partial charge in [0.05, 0.1) is 17.7 Å². The second kappa shape index (κ2) is 6.52. The van der Waals surface area contributed by atoms with Gasteiger partial charge in [-0.15, -0.1) is 5.10 Å². The van der Waals surface area contributed by atoms with Gasteiger partial charge in [0.15, 0.2) is 21.4 Å². The second-order valence-electron chi connectivity index (χ2n) is 5.67. The molecule has 2 heterocycles. The summed E-state index contributed by atoms with van der Waals surface area (Å²) < 4.78 is 23.0. The van der Waals surface area contributed by atoms with Crippen LogP contribution in [0.25, 0.3) is 0 Å². The third-order valence-corrected chi connectivity index (χ3v) is 5.46. The monoisotopic (exact) mass is 347 g/mol. The van der Waals surface area contributed by atoms with Crippen molar-refractivity contribution < 1.29 is 13.2 Å². The molecule has 9 heteroatoms. The van der Waals surface area contributed by atoms with Gasteiger partial charge in [-0.2, -0.15) is 10.1 Å². The normalized spacial score (nSPS) is 19.0. The van der Waals surface area contributed by atoms with Gasteiger partial charge in [-0.05, 0) is 37.6 Å². The van der Waals surface area contributed by atoms with Crippen LogP contribution in [0.2, 0.25) is 0 Å². The molecule has 3 rings (SSSR count). The summed E-state index contributed by atoms with van der Waals surface area (Å²) in [6.45, 7) is 1.51. The quantitative estimate of drug-likeness (QED) is 0.781. The predicted octanol–water partition coefficient (Wildman–Crippen LogP) is 1.42. The van der Waals surface area contributed by atoms with Crippen molar-refractivity contribution in [2.75, 3.05) is 22.1 Å². The van der Waals surface area contributed by atoms with Gasteiger partial charge in [-0.25, -0.2) is 8.42 Å². The first-order valence-corrected chi connectivity index (χ1v) is 9.28. The van der Waals surface area contributed by atoms with Crippen LogP contribution >= 0.6 is 0 Å². The number of anilines is 3. The minimum absolute atomic E-state index is 0.00261. The maximum atomic E-state index is 11.5. The highest BCUT2D eigenvalue weighted by Crippen LogP contribution is 2.18. The molecule has 0 spiro atoms. The number of hydrogen-bond acceptors (Lipinski definition) is 8. The Hall–Kier alpha value is -2.55.